The molecular weight excluding hydrogens is 768 g/mol. The number of nitrogens with one attached hydrogen (secondary N) is 2. The molecule has 5 aromatic rings. The van der Waals surface area contributed by atoms with Crippen molar-refractivity contribution in [3.63, 3.8) is 0 Å². The second-order valence-corrected chi connectivity index (χ2v) is 18.0. The van der Waals surface area contributed by atoms with Crippen molar-refractivity contribution >= 4 is 52.1 Å². The molecule has 0 spiro atoms. The van der Waals surface area contributed by atoms with Gasteiger partial charge in [-0.25, -0.2) is 33.7 Å². The summed E-state index contributed by atoms with van der Waals surface area (Å²) < 4.78 is 26.9. The fourth-order valence-corrected chi connectivity index (χ4v) is 9.84. The average Bonchev–Trinajstić information content (AvgIpc) is 3.42. The van der Waals surface area contributed by atoms with E-state index in [1.165, 1.54) is 37.1 Å². The number of aryl methyl sites for hydroxylation is 1. The first-order valence-corrected chi connectivity index (χ1v) is 21.1. The first-order chi connectivity index (χ1) is 28.2. The predicted octanol–water partition coefficient (Wildman–Crippen LogP) is 9.41. The summed E-state index contributed by atoms with van der Waals surface area (Å²) >= 11 is 6.08. The van der Waals surface area contributed by atoms with Crippen LogP contribution in [-0.4, -0.2) is 70.2 Å². The first kappa shape index (κ1) is 40.6. The molecule has 3 aliphatic heterocycles. The molecule has 11 nitrogen and oxygen atoms in total. The molecule has 2 atom stereocenters. The van der Waals surface area contributed by atoms with Crippen molar-refractivity contribution in [1.29, 1.82) is 0 Å². The average molecular weight is 822 g/mol. The minimum Gasteiger partial charge on any atom is -0.373 e. The molecule has 2 aromatic carbocycles. The Morgan fingerprint density at radius 3 is 1.73 bits per heavy atom. The molecule has 310 valence electrons. The Labute approximate surface area is 351 Å². The fourth-order valence-electron chi connectivity index (χ4n) is 9.68. The van der Waals surface area contributed by atoms with Crippen LogP contribution in [0.1, 0.15) is 76.0 Å². The molecule has 0 radical (unpaired) electrons. The zero-order valence-corrected chi connectivity index (χ0v) is 35.8. The highest BCUT2D eigenvalue weighted by atomic mass is 35.5. The minimum absolute atomic E-state index is 0.0528. The SMILES string of the molecule is CNc1nc(CC2C3CCC2CN(c2cc(C)ncn2)C3)nc2c1C(C)(C)CCN2c1ccc(F)cc1.CNc1nc(Cl)nc2c1C(C)(C)CCN2c1ccc(F)cc1. The lowest BCUT2D eigenvalue weighted by Crippen LogP contribution is -2.43. The maximum Gasteiger partial charge on any atom is 0.226 e. The van der Waals surface area contributed by atoms with Crippen LogP contribution in [0, 0.1) is 36.3 Å². The molecule has 2 unspecified atom stereocenters. The highest BCUT2D eigenvalue weighted by molar-refractivity contribution is 6.28. The number of hydrogen-bond donors (Lipinski definition) is 2. The van der Waals surface area contributed by atoms with Crippen molar-refractivity contribution < 1.29 is 8.78 Å². The Bertz CT molecular complexity index is 2290. The van der Waals surface area contributed by atoms with Gasteiger partial charge in [0.05, 0.1) is 0 Å². The quantitative estimate of drug-likeness (QED) is 0.153. The summed E-state index contributed by atoms with van der Waals surface area (Å²) in [6.45, 7) is 14.6. The molecular formula is C45H54ClF2N11. The third kappa shape index (κ3) is 8.10. The normalized spacial score (nSPS) is 21.3. The van der Waals surface area contributed by atoms with E-state index in [4.69, 9.17) is 21.6 Å². The summed E-state index contributed by atoms with van der Waals surface area (Å²) in [5, 5.41) is 6.69. The highest BCUT2D eigenvalue weighted by Gasteiger charge is 2.44. The second kappa shape index (κ2) is 16.1. The molecule has 1 saturated heterocycles. The van der Waals surface area contributed by atoms with Gasteiger partial charge in [0, 0.05) is 81.0 Å². The van der Waals surface area contributed by atoms with Crippen LogP contribution >= 0.6 is 11.6 Å². The molecule has 9 rings (SSSR count). The van der Waals surface area contributed by atoms with Gasteiger partial charge in [0.2, 0.25) is 5.28 Å². The second-order valence-electron chi connectivity index (χ2n) is 17.6. The van der Waals surface area contributed by atoms with Gasteiger partial charge in [-0.2, -0.15) is 4.98 Å². The number of halogens is 3. The minimum atomic E-state index is -0.252. The number of aromatic nitrogens is 6. The van der Waals surface area contributed by atoms with Crippen molar-refractivity contribution in [2.24, 2.45) is 17.8 Å². The van der Waals surface area contributed by atoms with E-state index in [1.54, 1.807) is 18.5 Å². The number of fused-ring (bicyclic) bond motifs is 4. The predicted molar refractivity (Wildman–Crippen MR) is 233 cm³/mol. The summed E-state index contributed by atoms with van der Waals surface area (Å²) in [5.74, 6) is 6.65. The van der Waals surface area contributed by atoms with E-state index in [-0.39, 0.29) is 27.7 Å². The topological polar surface area (TPSA) is 111 Å². The number of benzene rings is 2. The van der Waals surface area contributed by atoms with Crippen LogP contribution in [0.2, 0.25) is 5.28 Å². The molecule has 1 saturated carbocycles. The summed E-state index contributed by atoms with van der Waals surface area (Å²) in [6.07, 6.45) is 6.96. The van der Waals surface area contributed by atoms with Crippen LogP contribution in [0.3, 0.4) is 0 Å². The van der Waals surface area contributed by atoms with Crippen molar-refractivity contribution in [3.05, 3.63) is 100 Å². The van der Waals surface area contributed by atoms with Crippen molar-refractivity contribution in [3.8, 4) is 0 Å². The van der Waals surface area contributed by atoms with Crippen LogP contribution in [0.4, 0.5) is 49.2 Å². The van der Waals surface area contributed by atoms with Gasteiger partial charge in [0.1, 0.15) is 52.9 Å². The maximum atomic E-state index is 13.7. The van der Waals surface area contributed by atoms with E-state index in [0.29, 0.717) is 17.8 Å². The Morgan fingerprint density at radius 1 is 0.712 bits per heavy atom. The van der Waals surface area contributed by atoms with Gasteiger partial charge < -0.3 is 25.3 Å². The molecule has 6 heterocycles. The standard InChI is InChI=1S/C29H36FN7.C16H18ClFN4/c1-18-13-25(33-17-32-18)36-15-19-5-6-20(16-36)23(19)14-24-34-27(31-4)26-28(35-24)37(12-11-29(26,2)3)22-9-7-21(30)8-10-22;1-16(2)8-9-22(11-6-4-10(18)5-7-11)14-12(16)13(19-3)20-15(17)21-14/h7-10,13,17,19-20,23H,5-6,11-12,14-16H2,1-4H3,(H,31,34,35);4-7H,8-9H2,1-3H3,(H,19,20,21). The van der Waals surface area contributed by atoms with Gasteiger partial charge in [0.15, 0.2) is 0 Å². The van der Waals surface area contributed by atoms with E-state index in [9.17, 15) is 8.78 Å². The van der Waals surface area contributed by atoms with Crippen molar-refractivity contribution in [2.45, 2.75) is 77.6 Å². The molecule has 59 heavy (non-hydrogen) atoms. The molecule has 4 aliphatic rings. The fraction of sp³-hybridized carbons (Fsp3) is 0.467. The zero-order valence-electron chi connectivity index (χ0n) is 35.0. The van der Waals surface area contributed by atoms with Crippen LogP contribution in [0.15, 0.2) is 60.9 Å². The van der Waals surface area contributed by atoms with E-state index in [0.717, 1.165) is 109 Å². The molecule has 2 fully saturated rings. The number of nitrogens with zero attached hydrogens (tertiary/aromatic N) is 9. The number of rotatable bonds is 7. The maximum absolute atomic E-state index is 13.7. The highest BCUT2D eigenvalue weighted by Crippen LogP contribution is 2.48. The molecule has 2 N–H and O–H groups in total. The Balaban J connectivity index is 0.000000188. The number of anilines is 7. The van der Waals surface area contributed by atoms with Crippen molar-refractivity contribution in [2.75, 3.05) is 65.6 Å². The molecule has 14 heteroatoms. The summed E-state index contributed by atoms with van der Waals surface area (Å²) in [5.41, 5.74) is 4.95. The third-order valence-corrected chi connectivity index (χ3v) is 13.1. The van der Waals surface area contributed by atoms with Gasteiger partial charge in [-0.1, -0.05) is 27.7 Å². The van der Waals surface area contributed by atoms with E-state index >= 15 is 0 Å². The van der Waals surface area contributed by atoms with E-state index in [1.807, 2.05) is 33.2 Å². The first-order valence-electron chi connectivity index (χ1n) is 20.7. The van der Waals surface area contributed by atoms with E-state index < -0.39 is 0 Å². The smallest absolute Gasteiger partial charge is 0.226 e. The van der Waals surface area contributed by atoms with Gasteiger partial charge in [-0.05, 0) is 121 Å². The summed E-state index contributed by atoms with van der Waals surface area (Å²) in [4.78, 5) is 34.6. The monoisotopic (exact) mass is 821 g/mol. The Hall–Kier alpha value is -5.17. The lowest BCUT2D eigenvalue weighted by molar-refractivity contribution is 0.264. The van der Waals surface area contributed by atoms with Gasteiger partial charge in [0.25, 0.3) is 0 Å². The summed E-state index contributed by atoms with van der Waals surface area (Å²) in [6, 6.07) is 15.3. The largest absolute Gasteiger partial charge is 0.373 e. The zero-order chi connectivity index (χ0) is 41.6. The Morgan fingerprint density at radius 2 is 1.22 bits per heavy atom. The lowest BCUT2D eigenvalue weighted by Gasteiger charge is -2.41. The molecule has 1 aliphatic carbocycles. The lowest BCUT2D eigenvalue weighted by atomic mass is 9.78. The van der Waals surface area contributed by atoms with Crippen LogP contribution in [0.5, 0.6) is 0 Å². The number of piperidine rings is 1. The third-order valence-electron chi connectivity index (χ3n) is 12.9. The van der Waals surface area contributed by atoms with E-state index in [2.05, 4.69) is 79.0 Å². The van der Waals surface area contributed by atoms with Crippen molar-refractivity contribution in [1.82, 2.24) is 29.9 Å². The number of hydrogen-bond acceptors (Lipinski definition) is 11. The van der Waals surface area contributed by atoms with Gasteiger partial charge in [-0.3, -0.25) is 0 Å². The molecule has 2 bridgehead atoms. The van der Waals surface area contributed by atoms with Gasteiger partial charge in [-0.15, -0.1) is 0 Å². The van der Waals surface area contributed by atoms with Crippen LogP contribution < -0.4 is 25.3 Å². The summed E-state index contributed by atoms with van der Waals surface area (Å²) in [7, 11) is 3.77. The van der Waals surface area contributed by atoms with Gasteiger partial charge >= 0.3 is 0 Å². The molecule has 3 aromatic heterocycles. The Kier molecular flexibility index (Phi) is 11.1. The van der Waals surface area contributed by atoms with Crippen LogP contribution in [-0.2, 0) is 17.3 Å². The van der Waals surface area contributed by atoms with Crippen LogP contribution in [0.25, 0.3) is 0 Å². The molecule has 0 amide bonds.